The summed E-state index contributed by atoms with van der Waals surface area (Å²) >= 11 is 7.53. The van der Waals surface area contributed by atoms with Gasteiger partial charge in [0.25, 0.3) is 0 Å². The van der Waals surface area contributed by atoms with Gasteiger partial charge in [0.1, 0.15) is 0 Å². The van der Waals surface area contributed by atoms with E-state index in [0.29, 0.717) is 28.8 Å². The molecule has 0 spiro atoms. The van der Waals surface area contributed by atoms with E-state index in [2.05, 4.69) is 19.2 Å². The first-order chi connectivity index (χ1) is 13.8. The summed E-state index contributed by atoms with van der Waals surface area (Å²) in [6, 6.07) is 12.3. The summed E-state index contributed by atoms with van der Waals surface area (Å²) in [7, 11) is 0. The number of Topliss-reactive ketones (excluding diaryl/α,β-unsaturated/α-hetero) is 1. The van der Waals surface area contributed by atoms with Crippen LogP contribution in [0.5, 0.6) is 0 Å². The van der Waals surface area contributed by atoms with Gasteiger partial charge >= 0.3 is 0 Å². The number of amides is 1. The topological polar surface area (TPSA) is 75.4 Å². The summed E-state index contributed by atoms with van der Waals surface area (Å²) in [5.41, 5.74) is 8.38. The molecule has 1 aliphatic heterocycles. The van der Waals surface area contributed by atoms with E-state index in [1.807, 2.05) is 30.3 Å². The molecule has 8 heteroatoms. The minimum atomic E-state index is -0.591. The van der Waals surface area contributed by atoms with Gasteiger partial charge in [-0.05, 0) is 42.3 Å². The third-order valence-electron chi connectivity index (χ3n) is 4.67. The summed E-state index contributed by atoms with van der Waals surface area (Å²) in [6.07, 6.45) is 0. The van der Waals surface area contributed by atoms with Crippen molar-refractivity contribution in [3.63, 3.8) is 0 Å². The number of halogens is 2. The fraction of sp³-hybridized carbons (Fsp3) is 0.364. The Labute approximate surface area is 193 Å². The molecular formula is C22H27Cl2N3O2S. The number of rotatable bonds is 7. The van der Waals surface area contributed by atoms with Gasteiger partial charge in [-0.15, -0.1) is 24.2 Å². The Hall–Kier alpha value is -1.57. The van der Waals surface area contributed by atoms with Crippen molar-refractivity contribution in [2.75, 3.05) is 23.7 Å². The Kier molecular flexibility index (Phi) is 9.19. The monoisotopic (exact) mass is 467 g/mol. The van der Waals surface area contributed by atoms with Crippen molar-refractivity contribution in [2.24, 2.45) is 11.7 Å². The first-order valence-electron chi connectivity index (χ1n) is 9.67. The van der Waals surface area contributed by atoms with Crippen molar-refractivity contribution in [3.05, 3.63) is 58.6 Å². The van der Waals surface area contributed by atoms with Crippen molar-refractivity contribution in [1.82, 2.24) is 5.32 Å². The van der Waals surface area contributed by atoms with E-state index in [1.54, 1.807) is 28.8 Å². The van der Waals surface area contributed by atoms with Crippen LogP contribution in [0.3, 0.4) is 0 Å². The zero-order chi connectivity index (χ0) is 21.0. The lowest BCUT2D eigenvalue weighted by Crippen LogP contribution is -2.44. The molecule has 30 heavy (non-hydrogen) atoms. The van der Waals surface area contributed by atoms with Crippen LogP contribution >= 0.6 is 35.8 Å². The predicted molar refractivity (Wildman–Crippen MR) is 127 cm³/mol. The average Bonchev–Trinajstić information content (AvgIpc) is 2.81. The number of nitrogens with two attached hydrogens (primary N) is 1. The highest BCUT2D eigenvalue weighted by atomic mass is 35.5. The van der Waals surface area contributed by atoms with Crippen LogP contribution in [-0.2, 0) is 11.3 Å². The Morgan fingerprint density at radius 3 is 2.63 bits per heavy atom. The molecule has 2 aromatic carbocycles. The molecule has 0 aromatic heterocycles. The number of hydrogen-bond acceptors (Lipinski definition) is 5. The maximum absolute atomic E-state index is 13.0. The Morgan fingerprint density at radius 2 is 1.97 bits per heavy atom. The lowest BCUT2D eigenvalue weighted by Gasteiger charge is -2.25. The minimum Gasteiger partial charge on any atom is -0.319 e. The minimum absolute atomic E-state index is 0. The van der Waals surface area contributed by atoms with Gasteiger partial charge in [0, 0.05) is 21.2 Å². The first kappa shape index (κ1) is 24.7. The van der Waals surface area contributed by atoms with E-state index >= 15 is 0 Å². The van der Waals surface area contributed by atoms with Crippen molar-refractivity contribution in [1.29, 1.82) is 0 Å². The largest absolute Gasteiger partial charge is 0.319 e. The van der Waals surface area contributed by atoms with Crippen molar-refractivity contribution in [3.8, 4) is 0 Å². The lowest BCUT2D eigenvalue weighted by atomic mass is 10.1. The standard InChI is InChI=1S/C22H26ClN3O2S.ClH/c1-14(2)10-25-11-20(27)16-5-8-21-19(9-16)26(22(28)18(24)13-29-21)12-15-3-6-17(23)7-4-15;/h3-9,14,18,25H,10-13,24H2,1-2H3;1H/t18-;/m0./s1. The van der Waals surface area contributed by atoms with Gasteiger partial charge < -0.3 is 16.0 Å². The molecule has 3 rings (SSSR count). The average molecular weight is 468 g/mol. The predicted octanol–water partition coefficient (Wildman–Crippen LogP) is 4.16. The van der Waals surface area contributed by atoms with E-state index in [4.69, 9.17) is 17.3 Å². The second-order valence-corrected chi connectivity index (χ2v) is 9.10. The number of carbonyl (C=O) groups excluding carboxylic acids is 2. The van der Waals surface area contributed by atoms with Crippen molar-refractivity contribution in [2.45, 2.75) is 31.3 Å². The fourth-order valence-electron chi connectivity index (χ4n) is 3.11. The molecule has 0 bridgehead atoms. The zero-order valence-electron chi connectivity index (χ0n) is 17.1. The molecular weight excluding hydrogens is 441 g/mol. The molecule has 1 aliphatic rings. The van der Waals surface area contributed by atoms with Crippen LogP contribution in [-0.4, -0.2) is 36.6 Å². The molecule has 162 valence electrons. The van der Waals surface area contributed by atoms with Crippen LogP contribution in [0.15, 0.2) is 47.4 Å². The Morgan fingerprint density at radius 1 is 1.27 bits per heavy atom. The quantitative estimate of drug-likeness (QED) is 0.597. The van der Waals surface area contributed by atoms with E-state index in [1.165, 1.54) is 0 Å². The third kappa shape index (κ3) is 6.22. The van der Waals surface area contributed by atoms with Gasteiger partial charge in [-0.2, -0.15) is 0 Å². The first-order valence-corrected chi connectivity index (χ1v) is 11.0. The summed E-state index contributed by atoms with van der Waals surface area (Å²) in [6.45, 7) is 5.62. The summed E-state index contributed by atoms with van der Waals surface area (Å²) < 4.78 is 0. The number of nitrogens with one attached hydrogen (secondary N) is 1. The molecule has 1 atom stereocenters. The van der Waals surface area contributed by atoms with E-state index < -0.39 is 6.04 Å². The van der Waals surface area contributed by atoms with Gasteiger partial charge in [-0.1, -0.05) is 43.6 Å². The van der Waals surface area contributed by atoms with Crippen LogP contribution in [0.1, 0.15) is 29.8 Å². The van der Waals surface area contributed by atoms with Gasteiger partial charge in [0.2, 0.25) is 5.91 Å². The molecule has 5 nitrogen and oxygen atoms in total. The number of hydrogen-bond donors (Lipinski definition) is 2. The highest BCUT2D eigenvalue weighted by Gasteiger charge is 2.29. The third-order valence-corrected chi connectivity index (χ3v) is 6.10. The molecule has 0 saturated heterocycles. The van der Waals surface area contributed by atoms with Crippen LogP contribution < -0.4 is 16.0 Å². The summed E-state index contributed by atoms with van der Waals surface area (Å²) in [4.78, 5) is 28.2. The molecule has 1 heterocycles. The maximum Gasteiger partial charge on any atom is 0.245 e. The van der Waals surface area contributed by atoms with Gasteiger partial charge in [-0.3, -0.25) is 9.59 Å². The number of thioether (sulfide) groups is 1. The van der Waals surface area contributed by atoms with E-state index in [-0.39, 0.29) is 30.6 Å². The number of carbonyl (C=O) groups is 2. The van der Waals surface area contributed by atoms with E-state index in [9.17, 15) is 9.59 Å². The van der Waals surface area contributed by atoms with Crippen molar-refractivity contribution < 1.29 is 9.59 Å². The van der Waals surface area contributed by atoms with Gasteiger partial charge in [0.05, 0.1) is 24.8 Å². The van der Waals surface area contributed by atoms with Crippen LogP contribution in [0.4, 0.5) is 5.69 Å². The Balaban J connectivity index is 0.00000320. The molecule has 0 radical (unpaired) electrons. The van der Waals surface area contributed by atoms with E-state index in [0.717, 1.165) is 22.7 Å². The van der Waals surface area contributed by atoms with Gasteiger partial charge in [0.15, 0.2) is 5.78 Å². The number of anilines is 1. The number of benzene rings is 2. The maximum atomic E-state index is 13.0. The molecule has 0 fully saturated rings. The summed E-state index contributed by atoms with van der Waals surface area (Å²) in [5.74, 6) is 0.839. The normalized spacial score (nSPS) is 16.1. The van der Waals surface area contributed by atoms with Gasteiger partial charge in [-0.25, -0.2) is 0 Å². The molecule has 1 amide bonds. The van der Waals surface area contributed by atoms with Crippen LogP contribution in [0.2, 0.25) is 5.02 Å². The van der Waals surface area contributed by atoms with Crippen LogP contribution in [0.25, 0.3) is 0 Å². The molecule has 0 saturated carbocycles. The summed E-state index contributed by atoms with van der Waals surface area (Å²) in [5, 5.41) is 3.82. The number of ketones is 1. The number of nitrogens with zero attached hydrogens (tertiary/aromatic N) is 1. The zero-order valence-corrected chi connectivity index (χ0v) is 19.4. The second-order valence-electron chi connectivity index (χ2n) is 7.60. The number of fused-ring (bicyclic) bond motifs is 1. The molecule has 0 aliphatic carbocycles. The molecule has 0 unspecified atom stereocenters. The molecule has 3 N–H and O–H groups in total. The SMILES string of the molecule is CC(C)CNCC(=O)c1ccc2c(c1)N(Cc1ccc(Cl)cc1)C(=O)[C@@H](N)CS2.Cl. The second kappa shape index (κ2) is 11.2. The molecule has 2 aromatic rings. The van der Waals surface area contributed by atoms with Crippen molar-refractivity contribution >= 4 is 53.1 Å². The van der Waals surface area contributed by atoms with Crippen LogP contribution in [0, 0.1) is 5.92 Å². The highest BCUT2D eigenvalue weighted by Crippen LogP contribution is 2.36. The lowest BCUT2D eigenvalue weighted by molar-refractivity contribution is -0.119. The highest BCUT2D eigenvalue weighted by molar-refractivity contribution is 7.99. The fourth-order valence-corrected chi connectivity index (χ4v) is 4.21. The smallest absolute Gasteiger partial charge is 0.245 e. The Bertz CT molecular complexity index is 890.